The minimum Gasteiger partial charge on any atom is -0.507 e. The third-order valence-electron chi connectivity index (χ3n) is 5.44. The molecule has 2 aromatic rings. The minimum absolute atomic E-state index is 0.0430. The molecular formula is C25H37NO2Si2. The van der Waals surface area contributed by atoms with E-state index in [0.717, 1.165) is 27.1 Å². The zero-order valence-electron chi connectivity index (χ0n) is 19.8. The minimum atomic E-state index is -2.03. The lowest BCUT2D eigenvalue weighted by Crippen LogP contribution is -2.39. The van der Waals surface area contributed by atoms with E-state index in [0.29, 0.717) is 18.8 Å². The lowest BCUT2D eigenvalue weighted by Gasteiger charge is -2.30. The van der Waals surface area contributed by atoms with Crippen LogP contribution in [0.15, 0.2) is 48.5 Å². The van der Waals surface area contributed by atoms with Crippen molar-refractivity contribution in [2.75, 3.05) is 13.1 Å². The molecule has 2 aromatic carbocycles. The summed E-state index contributed by atoms with van der Waals surface area (Å²) in [4.78, 5) is 15.7. The highest BCUT2D eigenvalue weighted by atomic mass is 28.3. The fourth-order valence-electron chi connectivity index (χ4n) is 3.91. The Morgan fingerprint density at radius 2 is 1.43 bits per heavy atom. The van der Waals surface area contributed by atoms with Gasteiger partial charge in [-0.05, 0) is 29.8 Å². The van der Waals surface area contributed by atoms with Gasteiger partial charge in [0.15, 0.2) is 0 Å². The molecule has 0 saturated heterocycles. The van der Waals surface area contributed by atoms with Gasteiger partial charge in [-0.2, -0.15) is 0 Å². The Morgan fingerprint density at radius 1 is 0.867 bits per heavy atom. The van der Waals surface area contributed by atoms with Crippen LogP contribution in [0, 0.1) is 0 Å². The second-order valence-electron chi connectivity index (χ2n) is 9.80. The molecule has 0 fully saturated rings. The van der Waals surface area contributed by atoms with Crippen LogP contribution in [-0.4, -0.2) is 45.2 Å². The summed E-state index contributed by atoms with van der Waals surface area (Å²) in [6.07, 6.45) is 0. The van der Waals surface area contributed by atoms with Crippen molar-refractivity contribution in [2.24, 2.45) is 0 Å². The van der Waals surface area contributed by atoms with E-state index < -0.39 is 16.1 Å². The molecule has 0 heterocycles. The Bertz CT molecular complexity index is 918. The maximum Gasteiger partial charge on any atom is 0.254 e. The summed E-state index contributed by atoms with van der Waals surface area (Å²) in [7, 11) is -3.78. The number of hydrogen-bond donors (Lipinski definition) is 1. The number of phenolic OH excluding ortho intramolecular Hbond substituents is 1. The molecule has 0 bridgehead atoms. The lowest BCUT2D eigenvalue weighted by molar-refractivity contribution is -0.124. The van der Waals surface area contributed by atoms with Gasteiger partial charge in [-0.25, -0.2) is 0 Å². The van der Waals surface area contributed by atoms with Crippen molar-refractivity contribution in [3.63, 3.8) is 0 Å². The van der Waals surface area contributed by atoms with Gasteiger partial charge >= 0.3 is 0 Å². The van der Waals surface area contributed by atoms with Crippen LogP contribution in [0.2, 0.25) is 39.3 Å². The predicted octanol–water partition coefficient (Wildman–Crippen LogP) is 5.59. The molecule has 3 nitrogen and oxygen atoms in total. The number of carbonyl (C=O) groups excluding carboxylic acids is 1. The zero-order valence-corrected chi connectivity index (χ0v) is 21.8. The Labute approximate surface area is 184 Å². The number of nitrogens with zero attached hydrogens (tertiary/aromatic N) is 1. The van der Waals surface area contributed by atoms with Crippen molar-refractivity contribution < 1.29 is 9.90 Å². The second-order valence-corrected chi connectivity index (χ2v) is 19.8. The third-order valence-corrected chi connectivity index (χ3v) is 9.48. The number of benzene rings is 2. The van der Waals surface area contributed by atoms with E-state index in [4.69, 9.17) is 0 Å². The summed E-state index contributed by atoms with van der Waals surface area (Å²) in [6.45, 7) is 18.8. The van der Waals surface area contributed by atoms with Gasteiger partial charge < -0.3 is 10.0 Å². The van der Waals surface area contributed by atoms with E-state index in [9.17, 15) is 9.90 Å². The molecule has 0 aromatic heterocycles. The number of phenols is 1. The molecule has 0 aliphatic heterocycles. The van der Waals surface area contributed by atoms with Crippen LogP contribution in [-0.2, 0) is 4.79 Å². The van der Waals surface area contributed by atoms with Crippen molar-refractivity contribution in [3.8, 4) is 5.75 Å². The Kier molecular flexibility index (Phi) is 7.53. The molecule has 0 atom stereocenters. The molecule has 1 N–H and O–H groups in total. The van der Waals surface area contributed by atoms with Crippen LogP contribution >= 0.6 is 0 Å². The smallest absolute Gasteiger partial charge is 0.254 e. The number of amides is 1. The molecule has 5 heteroatoms. The average Bonchev–Trinajstić information content (AvgIpc) is 2.66. The fraction of sp³-hybridized carbons (Fsp3) is 0.400. The Balaban J connectivity index is 2.98. The highest BCUT2D eigenvalue weighted by molar-refractivity contribution is 6.96. The lowest BCUT2D eigenvalue weighted by atomic mass is 10.00. The van der Waals surface area contributed by atoms with Crippen molar-refractivity contribution in [2.45, 2.75) is 53.1 Å². The van der Waals surface area contributed by atoms with Crippen molar-refractivity contribution in [3.05, 3.63) is 59.7 Å². The van der Waals surface area contributed by atoms with E-state index >= 15 is 0 Å². The monoisotopic (exact) mass is 439 g/mol. The molecule has 0 aliphatic carbocycles. The molecule has 0 saturated carbocycles. The standard InChI is InChI=1S/C25H37NO2Si2/c1-9-26(10-2)25(28)22(19-15-12-11-13-16-19)24(30(6,7)8)20-17-14-18-21(23(20)27)29(3,4)5/h11-18,27H,9-10H2,1-8H3/b24-22-. The van der Waals surface area contributed by atoms with Gasteiger partial charge in [-0.1, -0.05) is 87.8 Å². The molecule has 0 spiro atoms. The van der Waals surface area contributed by atoms with Gasteiger partial charge in [-0.15, -0.1) is 0 Å². The van der Waals surface area contributed by atoms with Gasteiger partial charge in [0.2, 0.25) is 0 Å². The Morgan fingerprint density at radius 3 is 1.90 bits per heavy atom. The molecule has 0 unspecified atom stereocenters. The van der Waals surface area contributed by atoms with Gasteiger partial charge in [0.1, 0.15) is 5.75 Å². The molecule has 162 valence electrons. The van der Waals surface area contributed by atoms with Crippen LogP contribution in [0.3, 0.4) is 0 Å². The van der Waals surface area contributed by atoms with Gasteiger partial charge in [0.25, 0.3) is 5.91 Å². The summed E-state index contributed by atoms with van der Waals surface area (Å²) in [5.41, 5.74) is 2.49. The summed E-state index contributed by atoms with van der Waals surface area (Å²) in [5.74, 6) is 0.399. The predicted molar refractivity (Wildman–Crippen MR) is 136 cm³/mol. The normalized spacial score (nSPS) is 13.1. The number of hydrogen-bond acceptors (Lipinski definition) is 2. The van der Waals surface area contributed by atoms with E-state index in [2.05, 4.69) is 39.3 Å². The molecule has 2 rings (SSSR count). The van der Waals surface area contributed by atoms with Crippen molar-refractivity contribution >= 4 is 38.0 Å². The van der Waals surface area contributed by atoms with Crippen LogP contribution in [0.4, 0.5) is 0 Å². The second kappa shape index (κ2) is 9.35. The largest absolute Gasteiger partial charge is 0.507 e. The maximum absolute atomic E-state index is 13.8. The van der Waals surface area contributed by atoms with E-state index in [1.54, 1.807) is 0 Å². The number of carbonyl (C=O) groups is 1. The molecule has 0 aliphatic rings. The molecular weight excluding hydrogens is 402 g/mol. The number of rotatable bonds is 7. The number of para-hydroxylation sites is 1. The van der Waals surface area contributed by atoms with Crippen molar-refractivity contribution in [1.29, 1.82) is 0 Å². The average molecular weight is 440 g/mol. The van der Waals surface area contributed by atoms with Crippen LogP contribution in [0.5, 0.6) is 5.75 Å². The van der Waals surface area contributed by atoms with Crippen LogP contribution < -0.4 is 5.19 Å². The molecule has 1 amide bonds. The first-order chi connectivity index (χ1) is 13.9. The fourth-order valence-corrected chi connectivity index (χ4v) is 7.36. The molecule has 0 radical (unpaired) electrons. The summed E-state index contributed by atoms with van der Waals surface area (Å²) >= 11 is 0. The van der Waals surface area contributed by atoms with Crippen molar-refractivity contribution in [1.82, 2.24) is 4.90 Å². The van der Waals surface area contributed by atoms with Crippen LogP contribution in [0.1, 0.15) is 25.0 Å². The summed E-state index contributed by atoms with van der Waals surface area (Å²) in [5, 5.41) is 13.5. The van der Waals surface area contributed by atoms with E-state index in [-0.39, 0.29) is 5.91 Å². The number of likely N-dealkylation sites (N-methyl/N-ethyl adjacent to an activating group) is 1. The van der Waals surface area contributed by atoms with Gasteiger partial charge in [0, 0.05) is 24.2 Å². The highest BCUT2D eigenvalue weighted by Gasteiger charge is 2.33. The summed E-state index contributed by atoms with van der Waals surface area (Å²) in [6, 6.07) is 16.0. The van der Waals surface area contributed by atoms with E-state index in [1.165, 1.54) is 0 Å². The highest BCUT2D eigenvalue weighted by Crippen LogP contribution is 2.39. The third kappa shape index (κ3) is 5.13. The summed E-state index contributed by atoms with van der Waals surface area (Å²) < 4.78 is 0. The van der Waals surface area contributed by atoms with E-state index in [1.807, 2.05) is 67.3 Å². The topological polar surface area (TPSA) is 40.5 Å². The SMILES string of the molecule is CCN(CC)C(=O)/C(=C(/c1cccc([Si](C)(C)C)c1O)[Si](C)(C)C)c1ccccc1. The maximum atomic E-state index is 13.8. The first-order valence-corrected chi connectivity index (χ1v) is 17.9. The first kappa shape index (κ1) is 24.2. The quantitative estimate of drug-likeness (QED) is 0.347. The number of aromatic hydroxyl groups is 1. The van der Waals surface area contributed by atoms with Gasteiger partial charge in [0.05, 0.1) is 16.1 Å². The Hall–Kier alpha value is -2.12. The first-order valence-electron chi connectivity index (χ1n) is 10.9. The van der Waals surface area contributed by atoms with Gasteiger partial charge in [-0.3, -0.25) is 4.79 Å². The molecule has 30 heavy (non-hydrogen) atoms. The zero-order chi connectivity index (χ0) is 22.7. The van der Waals surface area contributed by atoms with Crippen LogP contribution in [0.25, 0.3) is 10.8 Å².